The van der Waals surface area contributed by atoms with Gasteiger partial charge in [-0.2, -0.15) is 5.10 Å². The Morgan fingerprint density at radius 3 is 2.48 bits per heavy atom. The van der Waals surface area contributed by atoms with E-state index in [2.05, 4.69) is 15.2 Å². The van der Waals surface area contributed by atoms with Crippen molar-refractivity contribution in [2.45, 2.75) is 6.92 Å². The van der Waals surface area contributed by atoms with Crippen LogP contribution in [-0.4, -0.2) is 27.8 Å². The minimum Gasteiger partial charge on any atom is -0.461 e. The first kappa shape index (κ1) is 19.3. The van der Waals surface area contributed by atoms with Crippen LogP contribution in [0.3, 0.4) is 0 Å². The largest absolute Gasteiger partial charge is 0.461 e. The van der Waals surface area contributed by atoms with Gasteiger partial charge in [-0.05, 0) is 42.8 Å². The molecule has 2 N–H and O–H groups in total. The van der Waals surface area contributed by atoms with Crippen molar-refractivity contribution < 1.29 is 9.53 Å². The third-order valence-electron chi connectivity index (χ3n) is 4.51. The number of nitrogens with zero attached hydrogens (tertiary/aromatic N) is 1. The summed E-state index contributed by atoms with van der Waals surface area (Å²) in [6.07, 6.45) is 1.85. The molecular formula is C22H17Cl2N3O2. The van der Waals surface area contributed by atoms with Crippen LogP contribution >= 0.6 is 23.2 Å². The summed E-state index contributed by atoms with van der Waals surface area (Å²) < 4.78 is 5.20. The molecule has 0 fully saturated rings. The zero-order chi connectivity index (χ0) is 20.4. The number of halogens is 2. The Morgan fingerprint density at radius 2 is 1.83 bits per heavy atom. The standard InChI is InChI=1S/C22H17Cl2N3O2/c1-2-29-22(28)21-19(20(26-27-21)13-5-8-15(23)9-6-13)16-10-7-14(12-17(16)24)18-4-3-11-25-18/h3-12,25H,2H2,1H3,(H,26,27). The van der Waals surface area contributed by atoms with Gasteiger partial charge >= 0.3 is 5.97 Å². The van der Waals surface area contributed by atoms with Crippen LogP contribution in [0.25, 0.3) is 33.6 Å². The van der Waals surface area contributed by atoms with Crippen molar-refractivity contribution in [2.75, 3.05) is 6.61 Å². The Bertz CT molecular complexity index is 1150. The van der Waals surface area contributed by atoms with E-state index in [9.17, 15) is 4.79 Å². The summed E-state index contributed by atoms with van der Waals surface area (Å²) in [5, 5.41) is 8.31. The van der Waals surface area contributed by atoms with Gasteiger partial charge in [0.05, 0.1) is 6.61 Å². The zero-order valence-electron chi connectivity index (χ0n) is 15.5. The van der Waals surface area contributed by atoms with E-state index >= 15 is 0 Å². The molecule has 5 nitrogen and oxygen atoms in total. The van der Waals surface area contributed by atoms with Crippen molar-refractivity contribution in [1.82, 2.24) is 15.2 Å². The summed E-state index contributed by atoms with van der Waals surface area (Å²) >= 11 is 12.7. The van der Waals surface area contributed by atoms with Gasteiger partial charge in [0.25, 0.3) is 0 Å². The number of carbonyl (C=O) groups is 1. The van der Waals surface area contributed by atoms with Crippen molar-refractivity contribution in [3.05, 3.63) is 76.5 Å². The third kappa shape index (κ3) is 3.79. The van der Waals surface area contributed by atoms with Crippen LogP contribution in [-0.2, 0) is 4.74 Å². The third-order valence-corrected chi connectivity index (χ3v) is 5.08. The van der Waals surface area contributed by atoms with Gasteiger partial charge in [-0.15, -0.1) is 0 Å². The van der Waals surface area contributed by atoms with Crippen LogP contribution in [0.4, 0.5) is 0 Å². The smallest absolute Gasteiger partial charge is 0.357 e. The maximum atomic E-state index is 12.5. The fourth-order valence-corrected chi connectivity index (χ4v) is 3.57. The molecule has 4 rings (SSSR count). The first-order valence-corrected chi connectivity index (χ1v) is 9.79. The van der Waals surface area contributed by atoms with Crippen LogP contribution in [0, 0.1) is 0 Å². The number of H-pyrrole nitrogens is 2. The first-order chi connectivity index (χ1) is 14.1. The lowest BCUT2D eigenvalue weighted by atomic mass is 9.97. The summed E-state index contributed by atoms with van der Waals surface area (Å²) in [6.45, 7) is 2.01. The Kier molecular flexibility index (Phi) is 5.43. The molecule has 2 aromatic carbocycles. The van der Waals surface area contributed by atoms with Gasteiger partial charge in [-0.1, -0.05) is 47.5 Å². The van der Waals surface area contributed by atoms with Crippen LogP contribution in [0.15, 0.2) is 60.8 Å². The Labute approximate surface area is 177 Å². The highest BCUT2D eigenvalue weighted by molar-refractivity contribution is 6.34. The van der Waals surface area contributed by atoms with E-state index in [0.29, 0.717) is 26.9 Å². The maximum Gasteiger partial charge on any atom is 0.357 e. The highest BCUT2D eigenvalue weighted by Gasteiger charge is 2.24. The number of hydrogen-bond acceptors (Lipinski definition) is 3. The number of ether oxygens (including phenoxy) is 1. The van der Waals surface area contributed by atoms with Crippen LogP contribution in [0.5, 0.6) is 0 Å². The van der Waals surface area contributed by atoms with Crippen LogP contribution < -0.4 is 0 Å². The van der Waals surface area contributed by atoms with E-state index in [0.717, 1.165) is 16.8 Å². The average Bonchev–Trinajstić information content (AvgIpc) is 3.39. The summed E-state index contributed by atoms with van der Waals surface area (Å²) in [5.41, 5.74) is 4.83. The fourth-order valence-electron chi connectivity index (χ4n) is 3.17. The predicted octanol–water partition coefficient (Wildman–Crippen LogP) is 6.22. The average molecular weight is 426 g/mol. The van der Waals surface area contributed by atoms with Gasteiger partial charge in [0.15, 0.2) is 5.69 Å². The predicted molar refractivity (Wildman–Crippen MR) is 115 cm³/mol. The highest BCUT2D eigenvalue weighted by atomic mass is 35.5. The lowest BCUT2D eigenvalue weighted by Crippen LogP contribution is -2.06. The van der Waals surface area contributed by atoms with E-state index in [1.54, 1.807) is 19.1 Å². The SMILES string of the molecule is CCOC(=O)c1[nH]nc(-c2ccc(Cl)cc2)c1-c1ccc(-c2ccc[nH]2)cc1Cl. The molecule has 0 bridgehead atoms. The second-order valence-electron chi connectivity index (χ2n) is 6.33. The number of carbonyl (C=O) groups excluding carboxylic acids is 1. The minimum atomic E-state index is -0.486. The van der Waals surface area contributed by atoms with E-state index in [-0.39, 0.29) is 12.3 Å². The molecule has 0 saturated carbocycles. The molecule has 0 spiro atoms. The molecule has 0 aliphatic heterocycles. The van der Waals surface area contributed by atoms with Gasteiger partial charge in [-0.3, -0.25) is 5.10 Å². The molecule has 146 valence electrons. The highest BCUT2D eigenvalue weighted by Crippen LogP contribution is 2.39. The Morgan fingerprint density at radius 1 is 1.07 bits per heavy atom. The number of aromatic nitrogens is 3. The monoisotopic (exact) mass is 425 g/mol. The lowest BCUT2D eigenvalue weighted by molar-refractivity contribution is 0.0520. The number of nitrogens with one attached hydrogen (secondary N) is 2. The van der Waals surface area contributed by atoms with Crippen molar-refractivity contribution in [2.24, 2.45) is 0 Å². The molecule has 2 aromatic heterocycles. The quantitative estimate of drug-likeness (QED) is 0.372. The number of hydrogen-bond donors (Lipinski definition) is 2. The number of aromatic amines is 2. The summed E-state index contributed by atoms with van der Waals surface area (Å²) in [4.78, 5) is 15.7. The number of esters is 1. The van der Waals surface area contributed by atoms with Gasteiger partial charge in [-0.25, -0.2) is 4.79 Å². The van der Waals surface area contributed by atoms with Crippen molar-refractivity contribution in [1.29, 1.82) is 0 Å². The first-order valence-electron chi connectivity index (χ1n) is 9.03. The molecule has 0 radical (unpaired) electrons. The van der Waals surface area contributed by atoms with Crippen molar-refractivity contribution in [3.8, 4) is 33.6 Å². The van der Waals surface area contributed by atoms with Gasteiger partial charge < -0.3 is 9.72 Å². The molecular weight excluding hydrogens is 409 g/mol. The number of rotatable bonds is 5. The lowest BCUT2D eigenvalue weighted by Gasteiger charge is -2.10. The van der Waals surface area contributed by atoms with E-state index in [1.807, 2.05) is 48.7 Å². The molecule has 0 saturated heterocycles. The molecule has 0 aliphatic carbocycles. The molecule has 0 unspecified atom stereocenters. The molecule has 2 heterocycles. The van der Waals surface area contributed by atoms with Crippen LogP contribution in [0.1, 0.15) is 17.4 Å². The summed E-state index contributed by atoms with van der Waals surface area (Å²) in [7, 11) is 0. The topological polar surface area (TPSA) is 70.8 Å². The second kappa shape index (κ2) is 8.15. The minimum absolute atomic E-state index is 0.256. The molecule has 0 amide bonds. The Hall–Kier alpha value is -3.02. The van der Waals surface area contributed by atoms with Gasteiger partial charge in [0.1, 0.15) is 5.69 Å². The van der Waals surface area contributed by atoms with E-state index < -0.39 is 5.97 Å². The van der Waals surface area contributed by atoms with Gasteiger partial charge in [0, 0.05) is 38.6 Å². The normalized spacial score (nSPS) is 10.9. The molecule has 29 heavy (non-hydrogen) atoms. The van der Waals surface area contributed by atoms with Crippen LogP contribution in [0.2, 0.25) is 10.0 Å². The molecule has 0 atom stereocenters. The van der Waals surface area contributed by atoms with Gasteiger partial charge in [0.2, 0.25) is 0 Å². The number of benzene rings is 2. The second-order valence-corrected chi connectivity index (χ2v) is 7.17. The molecule has 4 aromatic rings. The van der Waals surface area contributed by atoms with E-state index in [1.165, 1.54) is 0 Å². The summed E-state index contributed by atoms with van der Waals surface area (Å²) in [6, 6.07) is 16.8. The molecule has 0 aliphatic rings. The van der Waals surface area contributed by atoms with Crippen molar-refractivity contribution in [3.63, 3.8) is 0 Å². The van der Waals surface area contributed by atoms with E-state index in [4.69, 9.17) is 27.9 Å². The maximum absolute atomic E-state index is 12.5. The molecule has 7 heteroatoms. The fraction of sp³-hybridized carbons (Fsp3) is 0.0909. The van der Waals surface area contributed by atoms with Crippen molar-refractivity contribution >= 4 is 29.2 Å². The summed E-state index contributed by atoms with van der Waals surface area (Å²) in [5.74, 6) is -0.486. The zero-order valence-corrected chi connectivity index (χ0v) is 17.0. The Balaban J connectivity index is 1.87.